The molecule has 0 saturated heterocycles. The molecular formula is C25H23F3NO8P. The maximum absolute atomic E-state index is 13.1. The van der Waals surface area contributed by atoms with Crippen molar-refractivity contribution in [1.29, 1.82) is 0 Å². The molecular weight excluding hydrogens is 530 g/mol. The van der Waals surface area contributed by atoms with Gasteiger partial charge in [-0.25, -0.2) is 4.57 Å². The van der Waals surface area contributed by atoms with E-state index in [-0.39, 0.29) is 51.7 Å². The zero-order valence-electron chi connectivity index (χ0n) is 19.6. The van der Waals surface area contributed by atoms with Crippen molar-refractivity contribution in [3.8, 4) is 11.5 Å². The first-order valence-corrected chi connectivity index (χ1v) is 12.7. The highest BCUT2D eigenvalue weighted by Gasteiger charge is 2.31. The molecule has 0 aliphatic carbocycles. The van der Waals surface area contributed by atoms with Crippen molar-refractivity contribution in [2.75, 3.05) is 13.2 Å². The molecule has 1 heterocycles. The second kappa shape index (κ2) is 10.5. The van der Waals surface area contributed by atoms with Crippen LogP contribution >= 0.6 is 7.82 Å². The minimum atomic E-state index is -4.76. The van der Waals surface area contributed by atoms with Crippen molar-refractivity contribution < 1.29 is 46.3 Å². The number of aliphatic hydroxyl groups is 1. The number of fused-ring (bicyclic) bond motifs is 2. The van der Waals surface area contributed by atoms with Gasteiger partial charge in [0.2, 0.25) is 5.43 Å². The Morgan fingerprint density at radius 3 is 2.37 bits per heavy atom. The van der Waals surface area contributed by atoms with Gasteiger partial charge < -0.3 is 29.8 Å². The van der Waals surface area contributed by atoms with Gasteiger partial charge in [0.15, 0.2) is 0 Å². The average molecular weight is 553 g/mol. The fraction of sp³-hybridized carbons (Fsp3) is 0.240. The van der Waals surface area contributed by atoms with Crippen molar-refractivity contribution in [1.82, 2.24) is 0 Å². The number of benzene rings is 3. The van der Waals surface area contributed by atoms with Crippen molar-refractivity contribution in [2.24, 2.45) is 5.73 Å². The molecule has 38 heavy (non-hydrogen) atoms. The number of ether oxygens (including phenoxy) is 1. The summed E-state index contributed by atoms with van der Waals surface area (Å²) in [5.74, 6) is 0.111. The van der Waals surface area contributed by atoms with Crippen LogP contribution in [0.25, 0.3) is 21.9 Å². The lowest BCUT2D eigenvalue weighted by Gasteiger charge is -2.27. The van der Waals surface area contributed by atoms with Gasteiger partial charge in [-0.2, -0.15) is 13.2 Å². The molecule has 0 radical (unpaired) electrons. The Morgan fingerprint density at radius 2 is 1.68 bits per heavy atom. The van der Waals surface area contributed by atoms with Crippen LogP contribution < -0.4 is 15.9 Å². The van der Waals surface area contributed by atoms with E-state index in [4.69, 9.17) is 24.7 Å². The molecule has 9 nitrogen and oxygen atoms in total. The van der Waals surface area contributed by atoms with E-state index in [2.05, 4.69) is 4.52 Å². The number of hydrogen-bond donors (Lipinski definition) is 4. The molecule has 0 spiro atoms. The Morgan fingerprint density at radius 1 is 0.947 bits per heavy atom. The summed E-state index contributed by atoms with van der Waals surface area (Å²) in [5.41, 5.74) is 4.54. The first kappa shape index (κ1) is 27.8. The molecule has 4 rings (SSSR count). The molecule has 1 unspecified atom stereocenters. The van der Waals surface area contributed by atoms with Crippen molar-refractivity contribution in [3.63, 3.8) is 0 Å². The van der Waals surface area contributed by atoms with Crippen molar-refractivity contribution >= 4 is 29.8 Å². The maximum atomic E-state index is 13.1. The summed E-state index contributed by atoms with van der Waals surface area (Å²) in [6.07, 6.45) is -4.13. The summed E-state index contributed by atoms with van der Waals surface area (Å²) in [7, 11) is -4.76. The van der Waals surface area contributed by atoms with Crippen LogP contribution in [0.15, 0.2) is 69.9 Å². The normalized spacial score (nSPS) is 14.1. The molecule has 13 heteroatoms. The largest absolute Gasteiger partial charge is 0.469 e. The lowest BCUT2D eigenvalue weighted by atomic mass is 9.93. The predicted octanol–water partition coefficient (Wildman–Crippen LogP) is 4.49. The zero-order chi connectivity index (χ0) is 27.7. The van der Waals surface area contributed by atoms with Crippen LogP contribution in [0.5, 0.6) is 11.5 Å². The third kappa shape index (κ3) is 6.60. The van der Waals surface area contributed by atoms with Gasteiger partial charge in [-0.15, -0.1) is 0 Å². The summed E-state index contributed by atoms with van der Waals surface area (Å²) in [6, 6.07) is 13.5. The highest BCUT2D eigenvalue weighted by Crippen LogP contribution is 2.37. The minimum absolute atomic E-state index is 0.0425. The van der Waals surface area contributed by atoms with Gasteiger partial charge in [-0.3, -0.25) is 9.32 Å². The standard InChI is InChI=1S/C25H23F3NO8P/c26-25(27,28)16-2-1-3-17(11-16)36-18-5-7-21-20(12-18)23(31)19-6-4-15(10-22(19)37-21)8-9-24(29,13-30)14-35-38(32,33)34/h1-7,10-12,30H,8-9,13-14,29H2,(H2,32,33,34). The highest BCUT2D eigenvalue weighted by atomic mass is 31.2. The summed E-state index contributed by atoms with van der Waals surface area (Å²) >= 11 is 0. The maximum Gasteiger partial charge on any atom is 0.469 e. The second-order valence-corrected chi connectivity index (χ2v) is 10.1. The number of aliphatic hydroxyl groups excluding tert-OH is 1. The number of rotatable bonds is 9. The van der Waals surface area contributed by atoms with Gasteiger partial charge in [0, 0.05) is 0 Å². The Kier molecular flexibility index (Phi) is 7.67. The lowest BCUT2D eigenvalue weighted by molar-refractivity contribution is -0.137. The van der Waals surface area contributed by atoms with Crippen molar-refractivity contribution in [2.45, 2.75) is 24.6 Å². The fourth-order valence-corrected chi connectivity index (χ4v) is 4.20. The number of nitrogens with two attached hydrogens (primary N) is 1. The summed E-state index contributed by atoms with van der Waals surface area (Å²) in [5, 5.41) is 10.00. The van der Waals surface area contributed by atoms with E-state index in [1.54, 1.807) is 18.2 Å². The number of aryl methyl sites for hydroxylation is 1. The van der Waals surface area contributed by atoms with Gasteiger partial charge in [0.05, 0.1) is 35.1 Å². The summed E-state index contributed by atoms with van der Waals surface area (Å²) < 4.78 is 65.8. The summed E-state index contributed by atoms with van der Waals surface area (Å²) in [4.78, 5) is 30.9. The molecule has 1 aromatic heterocycles. The van der Waals surface area contributed by atoms with Crippen LogP contribution in [-0.4, -0.2) is 33.6 Å². The van der Waals surface area contributed by atoms with E-state index in [0.717, 1.165) is 12.1 Å². The van der Waals surface area contributed by atoms with Crippen LogP contribution in [-0.2, 0) is 21.7 Å². The zero-order valence-corrected chi connectivity index (χ0v) is 20.5. The molecule has 4 aromatic rings. The van der Waals surface area contributed by atoms with Gasteiger partial charge in [-0.1, -0.05) is 12.1 Å². The number of phosphoric ester groups is 1. The molecule has 0 saturated carbocycles. The Balaban J connectivity index is 1.57. The topological polar surface area (TPSA) is 152 Å². The SMILES string of the molecule is NC(CO)(CCc1ccc2c(=O)c3cc(Oc4cccc(C(F)(F)F)c4)ccc3oc2c1)COP(=O)(O)O. The monoisotopic (exact) mass is 553 g/mol. The number of halogens is 3. The Bertz CT molecular complexity index is 1580. The van der Waals surface area contributed by atoms with E-state index < -0.39 is 38.3 Å². The fourth-order valence-electron chi connectivity index (χ4n) is 3.77. The first-order chi connectivity index (χ1) is 17.8. The molecule has 3 aromatic carbocycles. The Hall–Kier alpha value is -3.25. The molecule has 202 valence electrons. The van der Waals surface area contributed by atoms with Crippen LogP contribution in [0.3, 0.4) is 0 Å². The second-order valence-electron chi connectivity index (χ2n) is 8.83. The van der Waals surface area contributed by atoms with Crippen LogP contribution in [0.2, 0.25) is 0 Å². The number of hydrogen-bond acceptors (Lipinski definition) is 7. The van der Waals surface area contributed by atoms with Gasteiger partial charge >= 0.3 is 14.0 Å². The van der Waals surface area contributed by atoms with Crippen LogP contribution in [0.4, 0.5) is 13.2 Å². The average Bonchev–Trinajstić information content (AvgIpc) is 2.86. The third-order valence-electron chi connectivity index (χ3n) is 5.85. The van der Waals surface area contributed by atoms with E-state index >= 15 is 0 Å². The molecule has 1 atom stereocenters. The number of phosphoric acid groups is 1. The lowest BCUT2D eigenvalue weighted by Crippen LogP contribution is -2.48. The molecule has 5 N–H and O–H groups in total. The third-order valence-corrected chi connectivity index (χ3v) is 6.32. The van der Waals surface area contributed by atoms with Crippen LogP contribution in [0.1, 0.15) is 17.5 Å². The first-order valence-electron chi connectivity index (χ1n) is 11.2. The van der Waals surface area contributed by atoms with Crippen LogP contribution in [0, 0.1) is 0 Å². The van der Waals surface area contributed by atoms with Crippen molar-refractivity contribution in [3.05, 3.63) is 82.0 Å². The summed E-state index contributed by atoms with van der Waals surface area (Å²) in [6.45, 7) is -1.14. The predicted molar refractivity (Wildman–Crippen MR) is 132 cm³/mol. The molecule has 0 bridgehead atoms. The van der Waals surface area contributed by atoms with E-state index in [1.165, 1.54) is 30.3 Å². The Labute approximate surface area is 213 Å². The van der Waals surface area contributed by atoms with E-state index in [9.17, 15) is 27.6 Å². The number of alkyl halides is 3. The van der Waals surface area contributed by atoms with Gasteiger partial charge in [0.25, 0.3) is 0 Å². The molecule has 0 amide bonds. The smallest absolute Gasteiger partial charge is 0.457 e. The quantitative estimate of drug-likeness (QED) is 0.174. The minimum Gasteiger partial charge on any atom is -0.457 e. The molecule has 0 fully saturated rings. The molecule has 0 aliphatic rings. The van der Waals surface area contributed by atoms with Gasteiger partial charge in [0.1, 0.15) is 22.7 Å². The van der Waals surface area contributed by atoms with E-state index in [0.29, 0.717) is 5.56 Å². The molecule has 0 aliphatic heterocycles. The highest BCUT2D eigenvalue weighted by molar-refractivity contribution is 7.46. The van der Waals surface area contributed by atoms with E-state index in [1.807, 2.05) is 0 Å². The van der Waals surface area contributed by atoms with Gasteiger partial charge in [-0.05, 0) is 66.9 Å².